The second kappa shape index (κ2) is 5.87. The van der Waals surface area contributed by atoms with Crippen molar-refractivity contribution >= 4 is 11.4 Å². The lowest BCUT2D eigenvalue weighted by Crippen LogP contribution is -2.36. The lowest BCUT2D eigenvalue weighted by molar-refractivity contribution is -0.141. The van der Waals surface area contributed by atoms with Gasteiger partial charge in [-0.3, -0.25) is 0 Å². The maximum Gasteiger partial charge on any atom is 0.433 e. The van der Waals surface area contributed by atoms with Gasteiger partial charge in [0.1, 0.15) is 5.69 Å². The molecule has 0 bridgehead atoms. The number of nitrogens with zero attached hydrogens (tertiary/aromatic N) is 2. The van der Waals surface area contributed by atoms with E-state index in [-0.39, 0.29) is 18.2 Å². The molecule has 2 heterocycles. The van der Waals surface area contributed by atoms with E-state index < -0.39 is 11.9 Å². The number of aromatic nitrogens is 1. The summed E-state index contributed by atoms with van der Waals surface area (Å²) in [5.74, 6) is 0.288. The number of anilines is 2. The Kier molecular flexibility index (Phi) is 4.37. The normalized spacial score (nSPS) is 20.2. The van der Waals surface area contributed by atoms with Crippen molar-refractivity contribution in [1.82, 2.24) is 4.98 Å². The Morgan fingerprint density at radius 3 is 2.85 bits per heavy atom. The van der Waals surface area contributed by atoms with Crippen LogP contribution >= 0.6 is 0 Å². The van der Waals surface area contributed by atoms with Crippen LogP contribution in [0.2, 0.25) is 0 Å². The number of piperidine rings is 1. The zero-order valence-corrected chi connectivity index (χ0v) is 11.0. The van der Waals surface area contributed by atoms with Crippen molar-refractivity contribution in [2.45, 2.75) is 25.4 Å². The van der Waals surface area contributed by atoms with E-state index in [4.69, 9.17) is 10.8 Å². The summed E-state index contributed by atoms with van der Waals surface area (Å²) >= 11 is 0. The summed E-state index contributed by atoms with van der Waals surface area (Å²) in [5.41, 5.74) is 5.47. The van der Waals surface area contributed by atoms with E-state index in [0.29, 0.717) is 25.2 Å². The van der Waals surface area contributed by atoms with Gasteiger partial charge in [-0.25, -0.2) is 4.98 Å². The molecule has 0 aliphatic carbocycles. The van der Waals surface area contributed by atoms with E-state index in [9.17, 15) is 13.2 Å². The molecular formula is C13H18F3N3O. The molecule has 0 saturated carbocycles. The van der Waals surface area contributed by atoms with Gasteiger partial charge in [0.25, 0.3) is 0 Å². The Morgan fingerprint density at radius 1 is 1.45 bits per heavy atom. The third-order valence-corrected chi connectivity index (χ3v) is 3.60. The molecule has 4 nitrogen and oxygen atoms in total. The van der Waals surface area contributed by atoms with Crippen LogP contribution in [0.4, 0.5) is 24.5 Å². The van der Waals surface area contributed by atoms with Crippen molar-refractivity contribution in [3.8, 4) is 0 Å². The summed E-state index contributed by atoms with van der Waals surface area (Å²) in [6.45, 7) is 1.39. The van der Waals surface area contributed by atoms with Crippen molar-refractivity contribution in [2.75, 3.05) is 30.3 Å². The average molecular weight is 289 g/mol. The largest absolute Gasteiger partial charge is 0.433 e. The van der Waals surface area contributed by atoms with Crippen molar-refractivity contribution in [3.63, 3.8) is 0 Å². The van der Waals surface area contributed by atoms with Crippen LogP contribution in [0.3, 0.4) is 0 Å². The van der Waals surface area contributed by atoms with Crippen LogP contribution < -0.4 is 10.6 Å². The Balaban J connectivity index is 2.22. The number of pyridine rings is 1. The average Bonchev–Trinajstić information content (AvgIpc) is 2.38. The van der Waals surface area contributed by atoms with Gasteiger partial charge in [0.15, 0.2) is 0 Å². The fourth-order valence-electron chi connectivity index (χ4n) is 2.59. The molecule has 1 saturated heterocycles. The number of nitrogens with two attached hydrogens (primary N) is 1. The fourth-order valence-corrected chi connectivity index (χ4v) is 2.59. The predicted molar refractivity (Wildman–Crippen MR) is 70.3 cm³/mol. The highest BCUT2D eigenvalue weighted by Gasteiger charge is 2.34. The standard InChI is InChI=1S/C13H18F3N3O/c14-13(15,16)12-6-11(10(17)7-18-12)19-4-1-2-9(8-19)3-5-20/h6-7,9,20H,1-5,8,17H2. The molecule has 1 aliphatic heterocycles. The molecule has 20 heavy (non-hydrogen) atoms. The first-order valence-electron chi connectivity index (χ1n) is 6.60. The minimum atomic E-state index is -4.47. The Bertz CT molecular complexity index is 463. The number of aliphatic hydroxyl groups is 1. The second-order valence-corrected chi connectivity index (χ2v) is 5.09. The SMILES string of the molecule is Nc1cnc(C(F)(F)F)cc1N1CCCC(CCO)C1. The van der Waals surface area contributed by atoms with Crippen LogP contribution in [0.25, 0.3) is 0 Å². The molecule has 1 aromatic heterocycles. The molecule has 0 radical (unpaired) electrons. The number of hydrogen-bond acceptors (Lipinski definition) is 4. The number of hydrogen-bond donors (Lipinski definition) is 2. The molecule has 1 atom stereocenters. The third-order valence-electron chi connectivity index (χ3n) is 3.60. The first kappa shape index (κ1) is 14.9. The quantitative estimate of drug-likeness (QED) is 0.896. The number of halogens is 3. The highest BCUT2D eigenvalue weighted by atomic mass is 19.4. The van der Waals surface area contributed by atoms with Crippen LogP contribution in [-0.4, -0.2) is 29.8 Å². The van der Waals surface area contributed by atoms with Crippen LogP contribution in [0.5, 0.6) is 0 Å². The molecular weight excluding hydrogens is 271 g/mol. The lowest BCUT2D eigenvalue weighted by atomic mass is 9.94. The maximum absolute atomic E-state index is 12.7. The van der Waals surface area contributed by atoms with Gasteiger partial charge in [-0.1, -0.05) is 0 Å². The van der Waals surface area contributed by atoms with Gasteiger partial charge in [-0.05, 0) is 31.2 Å². The summed E-state index contributed by atoms with van der Waals surface area (Å²) in [4.78, 5) is 5.20. The molecule has 2 rings (SSSR count). The van der Waals surface area contributed by atoms with Crippen molar-refractivity contribution < 1.29 is 18.3 Å². The molecule has 112 valence electrons. The molecule has 7 heteroatoms. The smallest absolute Gasteiger partial charge is 0.396 e. The molecule has 0 spiro atoms. The van der Waals surface area contributed by atoms with E-state index in [2.05, 4.69) is 4.98 Å². The minimum absolute atomic E-state index is 0.0954. The number of aliphatic hydroxyl groups excluding tert-OH is 1. The van der Waals surface area contributed by atoms with Crippen LogP contribution in [-0.2, 0) is 6.18 Å². The topological polar surface area (TPSA) is 62.4 Å². The van der Waals surface area contributed by atoms with Gasteiger partial charge in [0.2, 0.25) is 0 Å². The molecule has 1 unspecified atom stereocenters. The first-order valence-corrected chi connectivity index (χ1v) is 6.60. The minimum Gasteiger partial charge on any atom is -0.396 e. The van der Waals surface area contributed by atoms with E-state index in [1.165, 1.54) is 0 Å². The predicted octanol–water partition coefficient (Wildman–Crippen LogP) is 2.28. The van der Waals surface area contributed by atoms with Crippen molar-refractivity contribution in [2.24, 2.45) is 5.92 Å². The van der Waals surface area contributed by atoms with Crippen molar-refractivity contribution in [1.29, 1.82) is 0 Å². The van der Waals surface area contributed by atoms with E-state index in [0.717, 1.165) is 25.1 Å². The van der Waals surface area contributed by atoms with Gasteiger partial charge in [-0.15, -0.1) is 0 Å². The summed E-state index contributed by atoms with van der Waals surface area (Å²) < 4.78 is 38.1. The third kappa shape index (κ3) is 3.33. The summed E-state index contributed by atoms with van der Waals surface area (Å²) in [5, 5.41) is 8.98. The van der Waals surface area contributed by atoms with Gasteiger partial charge in [0.05, 0.1) is 17.6 Å². The molecule has 3 N–H and O–H groups in total. The first-order chi connectivity index (χ1) is 9.41. The Hall–Kier alpha value is -1.50. The van der Waals surface area contributed by atoms with Gasteiger partial charge in [-0.2, -0.15) is 13.2 Å². The summed E-state index contributed by atoms with van der Waals surface area (Å²) in [7, 11) is 0. The Morgan fingerprint density at radius 2 is 2.20 bits per heavy atom. The molecule has 1 aliphatic rings. The zero-order valence-electron chi connectivity index (χ0n) is 11.0. The molecule has 0 aromatic carbocycles. The molecule has 1 aromatic rings. The number of alkyl halides is 3. The number of nitrogen functional groups attached to an aromatic ring is 1. The summed E-state index contributed by atoms with van der Waals surface area (Å²) in [6, 6.07) is 1.01. The van der Waals surface area contributed by atoms with E-state index in [1.807, 2.05) is 4.90 Å². The monoisotopic (exact) mass is 289 g/mol. The molecule has 0 amide bonds. The maximum atomic E-state index is 12.7. The van der Waals surface area contributed by atoms with E-state index in [1.54, 1.807) is 0 Å². The highest BCUT2D eigenvalue weighted by molar-refractivity contribution is 5.67. The second-order valence-electron chi connectivity index (χ2n) is 5.09. The van der Waals surface area contributed by atoms with Crippen LogP contribution in [0, 0.1) is 5.92 Å². The van der Waals surface area contributed by atoms with E-state index >= 15 is 0 Å². The van der Waals surface area contributed by atoms with Gasteiger partial charge in [0, 0.05) is 19.7 Å². The summed E-state index contributed by atoms with van der Waals surface area (Å²) in [6.07, 6.45) is -0.883. The van der Waals surface area contributed by atoms with Crippen LogP contribution in [0.15, 0.2) is 12.3 Å². The Labute approximate surface area is 115 Å². The van der Waals surface area contributed by atoms with Crippen LogP contribution in [0.1, 0.15) is 25.0 Å². The highest BCUT2D eigenvalue weighted by Crippen LogP contribution is 2.34. The number of rotatable bonds is 3. The zero-order chi connectivity index (χ0) is 14.8. The lowest BCUT2D eigenvalue weighted by Gasteiger charge is -2.35. The van der Waals surface area contributed by atoms with Crippen molar-refractivity contribution in [3.05, 3.63) is 18.0 Å². The molecule has 1 fully saturated rings. The van der Waals surface area contributed by atoms with Gasteiger partial charge < -0.3 is 15.7 Å². The fraction of sp³-hybridized carbons (Fsp3) is 0.615. The van der Waals surface area contributed by atoms with Gasteiger partial charge >= 0.3 is 6.18 Å².